The number of halogens is 2. The largest absolute Gasteiger partial charge is 0.455 e. The molecule has 1 N–H and O–H groups in total. The Morgan fingerprint density at radius 2 is 2.00 bits per heavy atom. The molecule has 0 fully saturated rings. The topological polar surface area (TPSA) is 92.8 Å². The number of hydrogen-bond acceptors (Lipinski definition) is 6. The van der Waals surface area contributed by atoms with E-state index in [-0.39, 0.29) is 20.8 Å². The minimum atomic E-state index is -3.97. The molecule has 2 heterocycles. The highest BCUT2D eigenvalue weighted by Crippen LogP contribution is 2.25. The van der Waals surface area contributed by atoms with Crippen molar-refractivity contribution in [1.29, 1.82) is 0 Å². The van der Waals surface area contributed by atoms with Crippen LogP contribution in [0.15, 0.2) is 34.5 Å². The van der Waals surface area contributed by atoms with Crippen molar-refractivity contribution in [2.45, 2.75) is 17.9 Å². The zero-order valence-corrected chi connectivity index (χ0v) is 17.6. The first-order valence-electron chi connectivity index (χ1n) is 8.19. The molecule has 1 aliphatic heterocycles. The van der Waals surface area contributed by atoms with Gasteiger partial charge in [-0.05, 0) is 41.6 Å². The quantitative estimate of drug-likeness (QED) is 0.665. The van der Waals surface area contributed by atoms with Crippen LogP contribution in [0.2, 0.25) is 10.0 Å². The number of rotatable bonds is 6. The molecular weight excluding hydrogens is 447 g/mol. The number of carbonyl (C=O) groups is 2. The van der Waals surface area contributed by atoms with Crippen LogP contribution in [0.1, 0.15) is 10.4 Å². The number of nitrogens with one attached hydrogen (secondary N) is 1. The van der Waals surface area contributed by atoms with E-state index in [9.17, 15) is 18.0 Å². The van der Waals surface area contributed by atoms with E-state index >= 15 is 0 Å². The maximum atomic E-state index is 12.2. The molecule has 0 spiro atoms. The van der Waals surface area contributed by atoms with E-state index in [0.29, 0.717) is 13.1 Å². The molecule has 1 aromatic carbocycles. The Morgan fingerprint density at radius 1 is 1.21 bits per heavy atom. The van der Waals surface area contributed by atoms with Gasteiger partial charge >= 0.3 is 5.97 Å². The average molecular weight is 463 g/mol. The van der Waals surface area contributed by atoms with E-state index in [2.05, 4.69) is 4.72 Å². The van der Waals surface area contributed by atoms with Gasteiger partial charge in [0.1, 0.15) is 6.54 Å². The van der Waals surface area contributed by atoms with Crippen LogP contribution in [0.25, 0.3) is 0 Å². The molecule has 0 radical (unpaired) electrons. The standard InChI is InChI=1S/C17H16Cl2N2O5S2/c18-13-2-1-12(7-14(13)19)28(24,25)20-8-17(23)26-10-16(22)21-5-3-15-11(9-21)4-6-27-15/h1-2,4,6-7,20H,3,5,8-10H2. The van der Waals surface area contributed by atoms with Gasteiger partial charge in [0.25, 0.3) is 5.91 Å². The number of fused-ring (bicyclic) bond motifs is 1. The molecule has 11 heteroatoms. The van der Waals surface area contributed by atoms with Gasteiger partial charge in [0.05, 0.1) is 14.9 Å². The monoisotopic (exact) mass is 462 g/mol. The number of amides is 1. The van der Waals surface area contributed by atoms with E-state index in [1.165, 1.54) is 23.1 Å². The summed E-state index contributed by atoms with van der Waals surface area (Å²) >= 11 is 13.2. The van der Waals surface area contributed by atoms with Gasteiger partial charge in [0, 0.05) is 18.0 Å². The molecule has 0 saturated carbocycles. The normalized spacial score (nSPS) is 13.9. The summed E-state index contributed by atoms with van der Waals surface area (Å²) < 4.78 is 31.4. The molecule has 7 nitrogen and oxygen atoms in total. The zero-order valence-electron chi connectivity index (χ0n) is 14.5. The first kappa shape index (κ1) is 21.1. The molecule has 28 heavy (non-hydrogen) atoms. The van der Waals surface area contributed by atoms with Crippen LogP contribution >= 0.6 is 34.5 Å². The highest BCUT2D eigenvalue weighted by atomic mass is 35.5. The van der Waals surface area contributed by atoms with Gasteiger partial charge in [-0.1, -0.05) is 23.2 Å². The Morgan fingerprint density at radius 3 is 2.75 bits per heavy atom. The van der Waals surface area contributed by atoms with Crippen LogP contribution in [0, 0.1) is 0 Å². The lowest BCUT2D eigenvalue weighted by Crippen LogP contribution is -2.39. The summed E-state index contributed by atoms with van der Waals surface area (Å²) in [5.74, 6) is -1.18. The second-order valence-electron chi connectivity index (χ2n) is 6.00. The van der Waals surface area contributed by atoms with Crippen LogP contribution in [-0.2, 0) is 37.3 Å². The first-order chi connectivity index (χ1) is 13.3. The van der Waals surface area contributed by atoms with Crippen molar-refractivity contribution in [3.63, 3.8) is 0 Å². The summed E-state index contributed by atoms with van der Waals surface area (Å²) in [6.07, 6.45) is 0.774. The summed E-state index contributed by atoms with van der Waals surface area (Å²) in [6.45, 7) is 0.00433. The van der Waals surface area contributed by atoms with Gasteiger partial charge in [-0.15, -0.1) is 11.3 Å². The first-order valence-corrected chi connectivity index (χ1v) is 11.3. The van der Waals surface area contributed by atoms with E-state index in [1.807, 2.05) is 11.4 Å². The Kier molecular flexibility index (Phi) is 6.61. The summed E-state index contributed by atoms with van der Waals surface area (Å²) in [5.41, 5.74) is 1.10. The van der Waals surface area contributed by atoms with Gasteiger partial charge in [0.2, 0.25) is 10.0 Å². The highest BCUT2D eigenvalue weighted by molar-refractivity contribution is 7.89. The predicted molar refractivity (Wildman–Crippen MR) is 106 cm³/mol. The molecule has 2 aromatic rings. The lowest BCUT2D eigenvalue weighted by Gasteiger charge is -2.26. The molecule has 0 aliphatic carbocycles. The van der Waals surface area contributed by atoms with E-state index in [0.717, 1.165) is 12.0 Å². The molecule has 3 rings (SSSR count). The Labute approximate surface area is 176 Å². The number of esters is 1. The number of carbonyl (C=O) groups excluding carboxylic acids is 2. The number of benzene rings is 1. The molecule has 0 bridgehead atoms. The number of sulfonamides is 1. The Bertz CT molecular complexity index is 1010. The van der Waals surface area contributed by atoms with Gasteiger partial charge in [-0.3, -0.25) is 9.59 Å². The van der Waals surface area contributed by atoms with Gasteiger partial charge in [-0.25, -0.2) is 8.42 Å². The molecule has 1 amide bonds. The van der Waals surface area contributed by atoms with E-state index in [4.69, 9.17) is 27.9 Å². The fraction of sp³-hybridized carbons (Fsp3) is 0.294. The molecule has 150 valence electrons. The van der Waals surface area contributed by atoms with Crippen molar-refractivity contribution in [2.24, 2.45) is 0 Å². The number of ether oxygens (including phenoxy) is 1. The molecular formula is C17H16Cl2N2O5S2. The lowest BCUT2D eigenvalue weighted by atomic mass is 10.1. The summed E-state index contributed by atoms with van der Waals surface area (Å²) in [4.78, 5) is 26.8. The third kappa shape index (κ3) is 5.03. The number of nitrogens with zero attached hydrogens (tertiary/aromatic N) is 1. The fourth-order valence-corrected chi connectivity index (χ4v) is 4.87. The fourth-order valence-electron chi connectivity index (χ4n) is 2.63. The van der Waals surface area contributed by atoms with Gasteiger partial charge in [0.15, 0.2) is 6.61 Å². The summed E-state index contributed by atoms with van der Waals surface area (Å²) in [6, 6.07) is 5.76. The lowest BCUT2D eigenvalue weighted by molar-refractivity contribution is -0.151. The van der Waals surface area contributed by atoms with E-state index in [1.54, 1.807) is 16.2 Å². The van der Waals surface area contributed by atoms with Crippen molar-refractivity contribution in [3.8, 4) is 0 Å². The van der Waals surface area contributed by atoms with Crippen LogP contribution in [0.3, 0.4) is 0 Å². The number of thiophene rings is 1. The van der Waals surface area contributed by atoms with Crippen molar-refractivity contribution < 1.29 is 22.7 Å². The minimum absolute atomic E-state index is 0.0769. The van der Waals surface area contributed by atoms with Crippen molar-refractivity contribution in [2.75, 3.05) is 19.7 Å². The summed E-state index contributed by atoms with van der Waals surface area (Å²) in [7, 11) is -3.97. The smallest absolute Gasteiger partial charge is 0.321 e. The van der Waals surface area contributed by atoms with Crippen molar-refractivity contribution >= 4 is 56.4 Å². The van der Waals surface area contributed by atoms with Crippen molar-refractivity contribution in [1.82, 2.24) is 9.62 Å². The maximum absolute atomic E-state index is 12.2. The van der Waals surface area contributed by atoms with Gasteiger partial charge < -0.3 is 9.64 Å². The molecule has 0 saturated heterocycles. The minimum Gasteiger partial charge on any atom is -0.455 e. The van der Waals surface area contributed by atoms with Gasteiger partial charge in [-0.2, -0.15) is 4.72 Å². The highest BCUT2D eigenvalue weighted by Gasteiger charge is 2.23. The van der Waals surface area contributed by atoms with Crippen LogP contribution in [0.5, 0.6) is 0 Å². The average Bonchev–Trinajstić information content (AvgIpc) is 3.14. The predicted octanol–water partition coefficient (Wildman–Crippen LogP) is 2.46. The van der Waals surface area contributed by atoms with Crippen LogP contribution in [-0.4, -0.2) is 44.9 Å². The SMILES string of the molecule is O=C(CNS(=O)(=O)c1ccc(Cl)c(Cl)c1)OCC(=O)N1CCc2sccc2C1. The second-order valence-corrected chi connectivity index (χ2v) is 9.58. The zero-order chi connectivity index (χ0) is 20.3. The third-order valence-electron chi connectivity index (χ3n) is 4.12. The molecule has 0 unspecified atom stereocenters. The molecule has 1 aliphatic rings. The maximum Gasteiger partial charge on any atom is 0.321 e. The number of hydrogen-bond donors (Lipinski definition) is 1. The summed E-state index contributed by atoms with van der Waals surface area (Å²) in [5, 5.41) is 2.28. The Balaban J connectivity index is 1.48. The second kappa shape index (κ2) is 8.79. The molecule has 0 atom stereocenters. The third-order valence-corrected chi connectivity index (χ3v) is 7.29. The van der Waals surface area contributed by atoms with Crippen molar-refractivity contribution in [3.05, 3.63) is 50.1 Å². The van der Waals surface area contributed by atoms with Crippen LogP contribution in [0.4, 0.5) is 0 Å². The van der Waals surface area contributed by atoms with Crippen LogP contribution < -0.4 is 4.72 Å². The molecule has 1 aromatic heterocycles. The van der Waals surface area contributed by atoms with E-state index < -0.39 is 29.1 Å². The Hall–Kier alpha value is -1.65.